The van der Waals surface area contributed by atoms with Crippen molar-refractivity contribution in [2.45, 2.75) is 63.3 Å². The van der Waals surface area contributed by atoms with E-state index in [0.29, 0.717) is 12.1 Å². The van der Waals surface area contributed by atoms with Crippen LogP contribution in [0.15, 0.2) is 0 Å². The lowest BCUT2D eigenvalue weighted by Gasteiger charge is -2.52. The van der Waals surface area contributed by atoms with Crippen LogP contribution < -0.4 is 5.73 Å². The third-order valence-electron chi connectivity index (χ3n) is 5.37. The molecule has 3 rings (SSSR count). The maximum atomic E-state index is 6.28. The number of ether oxygens (including phenoxy) is 1. The van der Waals surface area contributed by atoms with E-state index in [1.165, 1.54) is 32.4 Å². The summed E-state index contributed by atoms with van der Waals surface area (Å²) in [5.74, 6) is 0. The molecule has 3 atom stereocenters. The molecule has 110 valence electrons. The SMILES string of the molecule is CC1CN(C2(CN)CCN3CCCC32)CC(C)(C)O1. The Balaban J connectivity index is 1.85. The Morgan fingerprint density at radius 3 is 2.79 bits per heavy atom. The van der Waals surface area contributed by atoms with Crippen molar-refractivity contribution >= 4 is 0 Å². The van der Waals surface area contributed by atoms with Gasteiger partial charge in [-0.1, -0.05) is 0 Å². The molecule has 3 fully saturated rings. The fourth-order valence-electron chi connectivity index (χ4n) is 4.74. The minimum absolute atomic E-state index is 0.0497. The van der Waals surface area contributed by atoms with Crippen molar-refractivity contribution in [3.05, 3.63) is 0 Å². The van der Waals surface area contributed by atoms with Crippen molar-refractivity contribution in [1.82, 2.24) is 9.80 Å². The molecule has 0 bridgehead atoms. The van der Waals surface area contributed by atoms with E-state index in [4.69, 9.17) is 10.5 Å². The Kier molecular flexibility index (Phi) is 3.41. The van der Waals surface area contributed by atoms with E-state index in [9.17, 15) is 0 Å². The summed E-state index contributed by atoms with van der Waals surface area (Å²) in [6.45, 7) is 12.0. The number of hydrogen-bond acceptors (Lipinski definition) is 4. The van der Waals surface area contributed by atoms with Crippen LogP contribution in [-0.2, 0) is 4.74 Å². The van der Waals surface area contributed by atoms with Crippen LogP contribution in [0.4, 0.5) is 0 Å². The summed E-state index contributed by atoms with van der Waals surface area (Å²) in [5, 5.41) is 0. The molecule has 3 heterocycles. The van der Waals surface area contributed by atoms with Crippen LogP contribution in [0.25, 0.3) is 0 Å². The summed E-state index contributed by atoms with van der Waals surface area (Å²) in [4.78, 5) is 5.33. The first-order chi connectivity index (χ1) is 8.97. The Morgan fingerprint density at radius 2 is 2.11 bits per heavy atom. The summed E-state index contributed by atoms with van der Waals surface area (Å²) >= 11 is 0. The second kappa shape index (κ2) is 4.69. The van der Waals surface area contributed by atoms with Gasteiger partial charge in [0, 0.05) is 32.2 Å². The van der Waals surface area contributed by atoms with Gasteiger partial charge < -0.3 is 10.5 Å². The van der Waals surface area contributed by atoms with Crippen molar-refractivity contribution in [2.24, 2.45) is 5.73 Å². The van der Waals surface area contributed by atoms with Crippen LogP contribution >= 0.6 is 0 Å². The molecule has 3 saturated heterocycles. The number of fused-ring (bicyclic) bond motifs is 1. The Bertz CT molecular complexity index is 346. The maximum Gasteiger partial charge on any atom is 0.0757 e. The van der Waals surface area contributed by atoms with Crippen molar-refractivity contribution in [3.8, 4) is 0 Å². The molecule has 4 heteroatoms. The molecule has 0 aromatic heterocycles. The Morgan fingerprint density at radius 1 is 1.32 bits per heavy atom. The number of nitrogens with two attached hydrogens (primary N) is 1. The summed E-state index contributed by atoms with van der Waals surface area (Å²) in [5.41, 5.74) is 6.43. The van der Waals surface area contributed by atoms with Gasteiger partial charge in [-0.2, -0.15) is 0 Å². The summed E-state index contributed by atoms with van der Waals surface area (Å²) in [6.07, 6.45) is 4.21. The lowest BCUT2D eigenvalue weighted by atomic mass is 9.84. The monoisotopic (exact) mass is 267 g/mol. The number of hydrogen-bond donors (Lipinski definition) is 1. The average molecular weight is 267 g/mol. The number of morpholine rings is 1. The third-order valence-corrected chi connectivity index (χ3v) is 5.37. The molecule has 0 aliphatic carbocycles. The first-order valence-corrected chi connectivity index (χ1v) is 7.84. The highest BCUT2D eigenvalue weighted by Gasteiger charge is 2.53. The highest BCUT2D eigenvalue weighted by molar-refractivity contribution is 5.11. The highest BCUT2D eigenvalue weighted by atomic mass is 16.5. The van der Waals surface area contributed by atoms with Gasteiger partial charge >= 0.3 is 0 Å². The molecule has 0 aromatic carbocycles. The zero-order valence-corrected chi connectivity index (χ0v) is 12.7. The number of nitrogens with zero attached hydrogens (tertiary/aromatic N) is 2. The molecular formula is C15H29N3O. The second-order valence-electron chi connectivity index (χ2n) is 7.32. The van der Waals surface area contributed by atoms with Gasteiger partial charge in [-0.3, -0.25) is 9.80 Å². The molecule has 0 radical (unpaired) electrons. The van der Waals surface area contributed by atoms with Gasteiger partial charge in [0.1, 0.15) is 0 Å². The van der Waals surface area contributed by atoms with Crippen LogP contribution in [-0.4, -0.2) is 65.8 Å². The fraction of sp³-hybridized carbons (Fsp3) is 1.00. The average Bonchev–Trinajstić information content (AvgIpc) is 2.87. The van der Waals surface area contributed by atoms with E-state index in [1.54, 1.807) is 0 Å². The first-order valence-electron chi connectivity index (χ1n) is 7.84. The van der Waals surface area contributed by atoms with Crippen LogP contribution in [0.1, 0.15) is 40.0 Å². The first kappa shape index (κ1) is 13.8. The maximum absolute atomic E-state index is 6.28. The number of rotatable bonds is 2. The Labute approximate surface area is 117 Å². The summed E-state index contributed by atoms with van der Waals surface area (Å²) < 4.78 is 6.07. The second-order valence-corrected chi connectivity index (χ2v) is 7.32. The molecule has 19 heavy (non-hydrogen) atoms. The van der Waals surface area contributed by atoms with Crippen molar-refractivity contribution in [3.63, 3.8) is 0 Å². The van der Waals surface area contributed by atoms with Crippen molar-refractivity contribution < 1.29 is 4.74 Å². The predicted octanol–water partition coefficient (Wildman–Crippen LogP) is 1.05. The smallest absolute Gasteiger partial charge is 0.0757 e. The largest absolute Gasteiger partial charge is 0.370 e. The summed E-state index contributed by atoms with van der Waals surface area (Å²) in [7, 11) is 0. The van der Waals surface area contributed by atoms with E-state index in [-0.39, 0.29) is 11.1 Å². The van der Waals surface area contributed by atoms with Crippen molar-refractivity contribution in [1.29, 1.82) is 0 Å². The third kappa shape index (κ3) is 2.23. The topological polar surface area (TPSA) is 41.7 Å². The van der Waals surface area contributed by atoms with Gasteiger partial charge in [0.15, 0.2) is 0 Å². The van der Waals surface area contributed by atoms with Gasteiger partial charge in [-0.25, -0.2) is 0 Å². The molecule has 4 nitrogen and oxygen atoms in total. The molecule has 3 aliphatic rings. The fourth-order valence-corrected chi connectivity index (χ4v) is 4.74. The van der Waals surface area contributed by atoms with Crippen molar-refractivity contribution in [2.75, 3.05) is 32.7 Å². The van der Waals surface area contributed by atoms with Crippen LogP contribution in [0.5, 0.6) is 0 Å². The van der Waals surface area contributed by atoms with Gasteiger partial charge in [0.25, 0.3) is 0 Å². The molecule has 3 unspecified atom stereocenters. The minimum atomic E-state index is -0.0497. The van der Waals surface area contributed by atoms with E-state index in [2.05, 4.69) is 30.6 Å². The molecule has 0 spiro atoms. The normalized spacial score (nSPS) is 43.6. The quantitative estimate of drug-likeness (QED) is 0.812. The van der Waals surface area contributed by atoms with E-state index in [0.717, 1.165) is 19.6 Å². The minimum Gasteiger partial charge on any atom is -0.370 e. The van der Waals surface area contributed by atoms with Gasteiger partial charge in [-0.15, -0.1) is 0 Å². The predicted molar refractivity (Wildman–Crippen MR) is 77.2 cm³/mol. The molecule has 2 N–H and O–H groups in total. The van der Waals surface area contributed by atoms with E-state index < -0.39 is 0 Å². The molecular weight excluding hydrogens is 238 g/mol. The van der Waals surface area contributed by atoms with E-state index in [1.807, 2.05) is 0 Å². The van der Waals surface area contributed by atoms with Crippen LogP contribution in [0, 0.1) is 0 Å². The van der Waals surface area contributed by atoms with Gasteiger partial charge in [-0.05, 0) is 46.6 Å². The van der Waals surface area contributed by atoms with E-state index >= 15 is 0 Å². The van der Waals surface area contributed by atoms with Gasteiger partial charge in [0.2, 0.25) is 0 Å². The molecule has 0 amide bonds. The molecule has 0 saturated carbocycles. The zero-order valence-electron chi connectivity index (χ0n) is 12.7. The molecule has 3 aliphatic heterocycles. The van der Waals surface area contributed by atoms with Gasteiger partial charge in [0.05, 0.1) is 17.2 Å². The van der Waals surface area contributed by atoms with Crippen LogP contribution in [0.3, 0.4) is 0 Å². The standard InChI is InChI=1S/C15H29N3O/c1-12-9-18(11-14(2,3)19-12)15(10-16)6-8-17-7-4-5-13(15)17/h12-13H,4-11,16H2,1-3H3. The lowest BCUT2D eigenvalue weighted by Crippen LogP contribution is -2.66. The summed E-state index contributed by atoms with van der Waals surface area (Å²) in [6, 6.07) is 0.679. The van der Waals surface area contributed by atoms with Crippen LogP contribution in [0.2, 0.25) is 0 Å². The lowest BCUT2D eigenvalue weighted by molar-refractivity contribution is -0.155. The highest BCUT2D eigenvalue weighted by Crippen LogP contribution is 2.41. The Hall–Kier alpha value is -0.160. The zero-order chi connectivity index (χ0) is 13.7. The molecule has 0 aromatic rings.